The molecular formula is C15H18N+. The third-order valence-corrected chi connectivity index (χ3v) is 2.61. The van der Waals surface area contributed by atoms with Gasteiger partial charge in [0.15, 0.2) is 6.17 Å². The summed E-state index contributed by atoms with van der Waals surface area (Å²) in [5.74, 6) is 0. The van der Waals surface area contributed by atoms with Gasteiger partial charge < -0.3 is 0 Å². The minimum absolute atomic E-state index is 0.293. The topological polar surface area (TPSA) is 3.88 Å². The van der Waals surface area contributed by atoms with Crippen LogP contribution < -0.4 is 4.57 Å². The molecule has 0 N–H and O–H groups in total. The summed E-state index contributed by atoms with van der Waals surface area (Å²) in [6.07, 6.45) is -0.308. The molecule has 0 unspecified atom stereocenters. The van der Waals surface area contributed by atoms with Crippen molar-refractivity contribution >= 4 is 0 Å². The van der Waals surface area contributed by atoms with Gasteiger partial charge in [0.2, 0.25) is 5.69 Å². The highest BCUT2D eigenvalue weighted by molar-refractivity contribution is 5.61. The predicted octanol–water partition coefficient (Wildman–Crippen LogP) is 3.10. The fraction of sp³-hybridized carbons (Fsp3) is 0.267. The molecule has 0 radical (unpaired) electrons. The molecule has 1 aromatic carbocycles. The van der Waals surface area contributed by atoms with Crippen LogP contribution in [0.3, 0.4) is 0 Å². The van der Waals surface area contributed by atoms with Crippen LogP contribution in [0.4, 0.5) is 0 Å². The fourth-order valence-electron chi connectivity index (χ4n) is 1.71. The summed E-state index contributed by atoms with van der Waals surface area (Å²) in [6, 6.07) is 8.75. The molecule has 0 spiro atoms. The van der Waals surface area contributed by atoms with Gasteiger partial charge in [0, 0.05) is 25.4 Å². The molecule has 82 valence electrons. The van der Waals surface area contributed by atoms with Crippen molar-refractivity contribution in [2.45, 2.75) is 20.6 Å². The Labute approximate surface area is 107 Å². The molecule has 0 atom stereocenters. The molecule has 0 aliphatic heterocycles. The first-order chi connectivity index (χ1) is 10.4. The second-order valence-corrected chi connectivity index (χ2v) is 3.80. The molecule has 0 aliphatic rings. The van der Waals surface area contributed by atoms with E-state index in [1.54, 1.807) is 7.05 Å². The van der Waals surface area contributed by atoms with Crippen molar-refractivity contribution in [2.75, 3.05) is 0 Å². The summed E-state index contributed by atoms with van der Waals surface area (Å²) in [6.45, 7) is -3.39. The molecule has 0 aliphatic carbocycles. The van der Waals surface area contributed by atoms with E-state index >= 15 is 0 Å². The molecule has 1 aromatic heterocycles. The van der Waals surface area contributed by atoms with E-state index in [-0.39, 0.29) is 11.7 Å². The average molecular weight is 219 g/mol. The zero-order valence-corrected chi connectivity index (χ0v) is 9.33. The maximum Gasteiger partial charge on any atom is 0.212 e. The van der Waals surface area contributed by atoms with Crippen LogP contribution in [-0.2, 0) is 7.05 Å². The normalized spacial score (nSPS) is 18.5. The lowest BCUT2D eigenvalue weighted by Gasteiger charge is -2.06. The highest BCUT2D eigenvalue weighted by Gasteiger charge is 2.13. The third-order valence-electron chi connectivity index (χ3n) is 2.61. The third kappa shape index (κ3) is 1.85. The minimum atomic E-state index is -2.66. The Morgan fingerprint density at radius 3 is 2.56 bits per heavy atom. The van der Waals surface area contributed by atoms with Gasteiger partial charge in [0.25, 0.3) is 0 Å². The van der Waals surface area contributed by atoms with E-state index in [0.717, 1.165) is 11.1 Å². The second kappa shape index (κ2) is 4.09. The van der Waals surface area contributed by atoms with Crippen LogP contribution in [0.25, 0.3) is 11.3 Å². The number of aryl methyl sites for hydroxylation is 2. The van der Waals surface area contributed by atoms with Gasteiger partial charge in [-0.05, 0) is 37.8 Å². The number of benzene rings is 1. The number of hydrogen-bond acceptors (Lipinski definition) is 0. The number of hydrogen-bond donors (Lipinski definition) is 0. The lowest BCUT2D eigenvalue weighted by Crippen LogP contribution is -2.31. The van der Waals surface area contributed by atoms with Crippen molar-refractivity contribution in [3.63, 3.8) is 0 Å². The van der Waals surface area contributed by atoms with Crippen molar-refractivity contribution < 1.29 is 14.2 Å². The van der Waals surface area contributed by atoms with Gasteiger partial charge in [-0.25, -0.2) is 4.57 Å². The minimum Gasteiger partial charge on any atom is -0.201 e. The van der Waals surface area contributed by atoms with Crippen LogP contribution in [0, 0.1) is 20.6 Å². The SMILES string of the molecule is [2H]c1c(C([2H])([2H])[2H])c(C([2H])([2H])[2H])cc(-c2ccccc2C)[n+]1C. The van der Waals surface area contributed by atoms with E-state index in [9.17, 15) is 0 Å². The van der Waals surface area contributed by atoms with Gasteiger partial charge in [-0.3, -0.25) is 0 Å². The van der Waals surface area contributed by atoms with Gasteiger partial charge in [0.05, 0.1) is 0 Å². The van der Waals surface area contributed by atoms with E-state index in [1.807, 2.05) is 31.2 Å². The second-order valence-electron chi connectivity index (χ2n) is 3.80. The van der Waals surface area contributed by atoms with E-state index in [2.05, 4.69) is 0 Å². The van der Waals surface area contributed by atoms with Crippen LogP contribution >= 0.6 is 0 Å². The van der Waals surface area contributed by atoms with Crippen LogP contribution in [0.2, 0.25) is 0 Å². The highest BCUT2D eigenvalue weighted by atomic mass is 14.9. The van der Waals surface area contributed by atoms with Crippen molar-refractivity contribution in [1.29, 1.82) is 0 Å². The highest BCUT2D eigenvalue weighted by Crippen LogP contribution is 2.21. The van der Waals surface area contributed by atoms with Crippen molar-refractivity contribution in [1.82, 2.24) is 0 Å². The molecule has 0 bridgehead atoms. The van der Waals surface area contributed by atoms with E-state index < -0.39 is 19.3 Å². The lowest BCUT2D eigenvalue weighted by molar-refractivity contribution is -0.660. The first kappa shape index (κ1) is 5.13. The molecule has 1 heteroatoms. The van der Waals surface area contributed by atoms with Crippen molar-refractivity contribution in [3.8, 4) is 11.3 Å². The number of aromatic nitrogens is 1. The monoisotopic (exact) mass is 219 g/mol. The van der Waals surface area contributed by atoms with Gasteiger partial charge in [0.1, 0.15) is 8.42 Å². The molecule has 16 heavy (non-hydrogen) atoms. The lowest BCUT2D eigenvalue weighted by atomic mass is 10.0. The van der Waals surface area contributed by atoms with Crippen molar-refractivity contribution in [3.05, 3.63) is 53.2 Å². The molecule has 1 heterocycles. The first-order valence-electron chi connectivity index (χ1n) is 8.55. The van der Waals surface area contributed by atoms with E-state index in [1.165, 1.54) is 10.6 Å². The molecule has 1 nitrogen and oxygen atoms in total. The Morgan fingerprint density at radius 2 is 1.88 bits per heavy atom. The average Bonchev–Trinajstić information content (AvgIpc) is 2.39. The van der Waals surface area contributed by atoms with Crippen LogP contribution in [0.15, 0.2) is 36.5 Å². The summed E-state index contributed by atoms with van der Waals surface area (Å²) in [7, 11) is 1.57. The van der Waals surface area contributed by atoms with Crippen LogP contribution in [0.5, 0.6) is 0 Å². The number of pyridine rings is 1. The summed E-state index contributed by atoms with van der Waals surface area (Å²) >= 11 is 0. The van der Waals surface area contributed by atoms with Gasteiger partial charge >= 0.3 is 0 Å². The fourth-order valence-corrected chi connectivity index (χ4v) is 1.71. The number of nitrogens with zero attached hydrogens (tertiary/aromatic N) is 1. The molecule has 2 rings (SSSR count). The van der Waals surface area contributed by atoms with E-state index in [4.69, 9.17) is 9.60 Å². The molecule has 0 amide bonds. The molecular weight excluding hydrogens is 194 g/mol. The smallest absolute Gasteiger partial charge is 0.201 e. The van der Waals surface area contributed by atoms with Gasteiger partial charge in [-0.2, -0.15) is 0 Å². The summed E-state index contributed by atoms with van der Waals surface area (Å²) in [5.41, 5.74) is 1.48. The Bertz CT molecular complexity index is 745. The zero-order valence-electron chi connectivity index (χ0n) is 16.3. The molecule has 2 aromatic rings. The number of rotatable bonds is 1. The molecule has 0 saturated carbocycles. The van der Waals surface area contributed by atoms with Crippen LogP contribution in [0.1, 0.15) is 26.3 Å². The first-order valence-corrected chi connectivity index (χ1v) is 5.05. The summed E-state index contributed by atoms with van der Waals surface area (Å²) in [5, 5.41) is 0. The van der Waals surface area contributed by atoms with E-state index in [0.29, 0.717) is 5.69 Å². The Balaban J connectivity index is 2.89. The predicted molar refractivity (Wildman–Crippen MR) is 67.3 cm³/mol. The standard InChI is InChI=1S/C15H18N/c1-11-7-5-6-8-14(11)15-9-12(2)13(3)10-16(15)4/h5-10H,1-4H3/q+1/i2D3,3D3,10D. The van der Waals surface area contributed by atoms with Gasteiger partial charge in [-0.15, -0.1) is 0 Å². The molecule has 0 fully saturated rings. The largest absolute Gasteiger partial charge is 0.212 e. The Hall–Kier alpha value is -1.63. The zero-order chi connectivity index (χ0) is 17.6. The Morgan fingerprint density at radius 1 is 1.12 bits per heavy atom. The summed E-state index contributed by atoms with van der Waals surface area (Å²) in [4.78, 5) is 0. The maximum absolute atomic E-state index is 8.19. The molecule has 0 saturated heterocycles. The quantitative estimate of drug-likeness (QED) is 0.649. The maximum atomic E-state index is 8.19. The summed E-state index contributed by atoms with van der Waals surface area (Å²) < 4.78 is 55.4. The van der Waals surface area contributed by atoms with Crippen LogP contribution in [-0.4, -0.2) is 0 Å². The Kier molecular flexibility index (Phi) is 1.31. The van der Waals surface area contributed by atoms with Gasteiger partial charge in [-0.1, -0.05) is 18.2 Å². The van der Waals surface area contributed by atoms with Crippen molar-refractivity contribution in [2.24, 2.45) is 7.05 Å².